The van der Waals surface area contributed by atoms with Crippen molar-refractivity contribution in [1.82, 2.24) is 0 Å². The molecule has 0 aliphatic rings. The highest BCUT2D eigenvalue weighted by atomic mass is 28.4. The lowest BCUT2D eigenvalue weighted by Crippen LogP contribution is -2.42. The van der Waals surface area contributed by atoms with Crippen LogP contribution < -0.4 is 4.74 Å². The highest BCUT2D eigenvalue weighted by molar-refractivity contribution is 6.74. The Hall–Kier alpha value is -1.47. The summed E-state index contributed by atoms with van der Waals surface area (Å²) in [5.41, 5.74) is 1.57. The minimum absolute atomic E-state index is 0.0274. The van der Waals surface area contributed by atoms with Gasteiger partial charge in [0.1, 0.15) is 5.75 Å². The summed E-state index contributed by atoms with van der Waals surface area (Å²) in [6.45, 7) is 17.6. The molecule has 0 aliphatic carbocycles. The second-order valence-corrected chi connectivity index (χ2v) is 14.0. The van der Waals surface area contributed by atoms with E-state index in [4.69, 9.17) is 18.6 Å². The number of carbonyl (C=O) groups is 1. The van der Waals surface area contributed by atoms with Crippen LogP contribution in [0.15, 0.2) is 36.4 Å². The zero-order valence-corrected chi connectivity index (χ0v) is 21.0. The van der Waals surface area contributed by atoms with Crippen LogP contribution in [0.4, 0.5) is 0 Å². The van der Waals surface area contributed by atoms with Crippen LogP contribution in [0, 0.1) is 0 Å². The lowest BCUT2D eigenvalue weighted by molar-refractivity contribution is -0.114. The molecule has 0 unspecified atom stereocenters. The molecule has 0 N–H and O–H groups in total. The van der Waals surface area contributed by atoms with E-state index in [9.17, 15) is 4.79 Å². The molecule has 0 spiro atoms. The van der Waals surface area contributed by atoms with Gasteiger partial charge in [0.25, 0.3) is 0 Å². The fourth-order valence-corrected chi connectivity index (χ4v) is 3.77. The Morgan fingerprint density at radius 2 is 1.70 bits per heavy atom. The minimum atomic E-state index is -1.83. The van der Waals surface area contributed by atoms with E-state index >= 15 is 0 Å². The van der Waals surface area contributed by atoms with Crippen LogP contribution in [0.5, 0.6) is 5.75 Å². The van der Waals surface area contributed by atoms with Gasteiger partial charge in [-0.05, 0) is 54.7 Å². The van der Waals surface area contributed by atoms with E-state index in [-0.39, 0.29) is 23.0 Å². The first-order valence-corrected chi connectivity index (χ1v) is 13.4. The van der Waals surface area contributed by atoms with E-state index < -0.39 is 8.32 Å². The predicted octanol–water partition coefficient (Wildman–Crippen LogP) is 5.54. The van der Waals surface area contributed by atoms with Gasteiger partial charge >= 0.3 is 0 Å². The summed E-state index contributed by atoms with van der Waals surface area (Å²) >= 11 is 0. The molecule has 2 atom stereocenters. The Labute approximate surface area is 183 Å². The van der Waals surface area contributed by atoms with Gasteiger partial charge in [0.2, 0.25) is 0 Å². The van der Waals surface area contributed by atoms with Crippen molar-refractivity contribution >= 4 is 14.1 Å². The number of Topliss-reactive ketones (excluding diaryl/α,β-unsaturated/α-hetero) is 1. The molecule has 0 fully saturated rings. The zero-order chi connectivity index (χ0) is 22.9. The van der Waals surface area contributed by atoms with Crippen LogP contribution in [0.25, 0.3) is 0 Å². The van der Waals surface area contributed by atoms with Crippen molar-refractivity contribution in [3.05, 3.63) is 42.0 Å². The van der Waals surface area contributed by atoms with Gasteiger partial charge in [0.15, 0.2) is 14.1 Å². The third kappa shape index (κ3) is 8.34. The molecule has 0 bridgehead atoms. The van der Waals surface area contributed by atoms with Gasteiger partial charge in [-0.2, -0.15) is 0 Å². The largest absolute Gasteiger partial charge is 0.497 e. The Kier molecular flexibility index (Phi) is 10.4. The summed E-state index contributed by atoms with van der Waals surface area (Å²) in [6.07, 6.45) is 0.659. The van der Waals surface area contributed by atoms with Crippen LogP contribution in [-0.2, 0) is 25.3 Å². The van der Waals surface area contributed by atoms with E-state index in [0.29, 0.717) is 31.6 Å². The van der Waals surface area contributed by atoms with E-state index in [2.05, 4.69) is 40.4 Å². The van der Waals surface area contributed by atoms with Crippen molar-refractivity contribution < 1.29 is 23.4 Å². The van der Waals surface area contributed by atoms with E-state index in [1.807, 2.05) is 24.3 Å². The average Bonchev–Trinajstić information content (AvgIpc) is 2.68. The molecule has 0 saturated carbocycles. The lowest BCUT2D eigenvalue weighted by Gasteiger charge is -2.37. The van der Waals surface area contributed by atoms with Crippen LogP contribution >= 0.6 is 0 Å². The highest BCUT2D eigenvalue weighted by Gasteiger charge is 2.37. The van der Waals surface area contributed by atoms with Crippen LogP contribution in [-0.4, -0.2) is 47.1 Å². The van der Waals surface area contributed by atoms with Crippen molar-refractivity contribution in [1.29, 1.82) is 0 Å². The maximum atomic E-state index is 11.8. The highest BCUT2D eigenvalue weighted by Crippen LogP contribution is 2.36. The number of ketones is 1. The van der Waals surface area contributed by atoms with Gasteiger partial charge in [-0.3, -0.25) is 4.79 Å². The lowest BCUT2D eigenvalue weighted by atomic mass is 10.0. The third-order valence-corrected chi connectivity index (χ3v) is 10.5. The number of ether oxygens (including phenoxy) is 3. The maximum Gasteiger partial charge on any atom is 0.191 e. The normalized spacial score (nSPS) is 14.3. The Morgan fingerprint density at radius 3 is 2.17 bits per heavy atom. The Balaban J connectivity index is 2.81. The molecular weight excluding hydrogens is 396 g/mol. The van der Waals surface area contributed by atoms with E-state index in [1.54, 1.807) is 14.2 Å². The molecule has 0 heterocycles. The molecule has 1 aromatic carbocycles. The molecule has 0 amide bonds. The topological polar surface area (TPSA) is 54.0 Å². The third-order valence-electron chi connectivity index (χ3n) is 5.96. The molecule has 0 saturated heterocycles. The molecule has 6 heteroatoms. The molecular formula is C24H40O5Si. The monoisotopic (exact) mass is 436 g/mol. The fourth-order valence-electron chi connectivity index (χ4n) is 2.71. The number of carbonyl (C=O) groups excluding carboxylic acids is 1. The van der Waals surface area contributed by atoms with Crippen LogP contribution in [0.1, 0.15) is 46.1 Å². The first-order valence-electron chi connectivity index (χ1n) is 10.5. The van der Waals surface area contributed by atoms with Gasteiger partial charge in [0.05, 0.1) is 25.9 Å². The van der Waals surface area contributed by atoms with Crippen molar-refractivity contribution in [2.24, 2.45) is 0 Å². The van der Waals surface area contributed by atoms with Crippen molar-refractivity contribution in [3.63, 3.8) is 0 Å². The summed E-state index contributed by atoms with van der Waals surface area (Å²) in [4.78, 5) is 11.8. The van der Waals surface area contributed by atoms with Gasteiger partial charge in [-0.1, -0.05) is 39.5 Å². The summed E-state index contributed by atoms with van der Waals surface area (Å²) < 4.78 is 23.5. The van der Waals surface area contributed by atoms with Gasteiger partial charge < -0.3 is 18.6 Å². The molecule has 30 heavy (non-hydrogen) atoms. The first-order chi connectivity index (χ1) is 13.9. The quantitative estimate of drug-likeness (QED) is 0.300. The maximum absolute atomic E-state index is 11.8. The van der Waals surface area contributed by atoms with Crippen LogP contribution in [0.2, 0.25) is 18.1 Å². The molecule has 0 aliphatic heterocycles. The Bertz CT molecular complexity index is 676. The molecule has 5 nitrogen and oxygen atoms in total. The number of hydrogen-bond acceptors (Lipinski definition) is 5. The van der Waals surface area contributed by atoms with Gasteiger partial charge in [0, 0.05) is 20.1 Å². The molecule has 0 aromatic heterocycles. The van der Waals surface area contributed by atoms with Gasteiger partial charge in [-0.25, -0.2) is 0 Å². The second-order valence-electron chi connectivity index (χ2n) is 9.23. The summed E-state index contributed by atoms with van der Waals surface area (Å²) in [6, 6.07) is 7.75. The molecule has 170 valence electrons. The zero-order valence-electron chi connectivity index (χ0n) is 20.0. The number of benzene rings is 1. The fraction of sp³-hybridized carbons (Fsp3) is 0.625. The standard InChI is InChI=1S/C24H40O5Si/c1-18(19(2)25)16-23(28-17-20-10-12-21(26-6)13-11-20)22(27-7)14-15-29-30(8,9)24(3,4)5/h10-13,22-23H,1,14-17H2,2-9H3/t22-,23-/m0/s1. The van der Waals surface area contributed by atoms with Crippen molar-refractivity contribution in [2.75, 3.05) is 20.8 Å². The molecule has 1 rings (SSSR count). The summed E-state index contributed by atoms with van der Waals surface area (Å²) in [5, 5.41) is 0.156. The summed E-state index contributed by atoms with van der Waals surface area (Å²) in [7, 11) is 1.49. The Morgan fingerprint density at radius 1 is 1.10 bits per heavy atom. The van der Waals surface area contributed by atoms with Crippen molar-refractivity contribution in [3.8, 4) is 5.75 Å². The number of rotatable bonds is 13. The SMILES string of the molecule is C=C(C[C@H](OCc1ccc(OC)cc1)[C@H](CCO[Si](C)(C)C(C)(C)C)OC)C(C)=O. The average molecular weight is 437 g/mol. The first kappa shape index (κ1) is 26.6. The van der Waals surface area contributed by atoms with Crippen LogP contribution in [0.3, 0.4) is 0 Å². The van der Waals surface area contributed by atoms with E-state index in [0.717, 1.165) is 11.3 Å². The minimum Gasteiger partial charge on any atom is -0.497 e. The molecule has 1 aromatic rings. The van der Waals surface area contributed by atoms with E-state index in [1.165, 1.54) is 6.92 Å². The summed E-state index contributed by atoms with van der Waals surface area (Å²) in [5.74, 6) is 0.776. The number of hydrogen-bond donors (Lipinski definition) is 0. The van der Waals surface area contributed by atoms with Crippen molar-refractivity contribution in [2.45, 2.75) is 77.5 Å². The molecule has 0 radical (unpaired) electrons. The van der Waals surface area contributed by atoms with Gasteiger partial charge in [-0.15, -0.1) is 0 Å². The number of methoxy groups -OCH3 is 2. The second kappa shape index (κ2) is 11.8. The smallest absolute Gasteiger partial charge is 0.191 e. The predicted molar refractivity (Wildman–Crippen MR) is 125 cm³/mol.